The van der Waals surface area contributed by atoms with Gasteiger partial charge in [0.05, 0.1) is 6.61 Å². The molecule has 0 aromatic carbocycles. The molecule has 0 saturated carbocycles. The van der Waals surface area contributed by atoms with Crippen molar-refractivity contribution in [3.8, 4) is 0 Å². The van der Waals surface area contributed by atoms with Gasteiger partial charge in [0, 0.05) is 28.7 Å². The molecule has 0 saturated heterocycles. The van der Waals surface area contributed by atoms with Crippen LogP contribution in [0.15, 0.2) is 0 Å². The molecule has 0 aliphatic rings. The van der Waals surface area contributed by atoms with E-state index in [9.17, 15) is 9.00 Å². The van der Waals surface area contributed by atoms with Gasteiger partial charge in [0.15, 0.2) is 0 Å². The number of esters is 1. The number of unbranched alkanes of at least 4 members (excludes halogenated alkanes) is 2. The SMILES string of the molecule is CCOC(=O)CCCCCS(=O)CC. The molecule has 0 heterocycles. The van der Waals surface area contributed by atoms with E-state index in [2.05, 4.69) is 0 Å². The molecule has 0 spiro atoms. The van der Waals surface area contributed by atoms with E-state index in [1.165, 1.54) is 0 Å². The first-order valence-corrected chi connectivity index (χ1v) is 6.70. The Balaban J connectivity index is 3.21. The van der Waals surface area contributed by atoms with Crippen LogP contribution in [0, 0.1) is 0 Å². The van der Waals surface area contributed by atoms with Gasteiger partial charge in [-0.3, -0.25) is 9.00 Å². The van der Waals surface area contributed by atoms with Gasteiger partial charge >= 0.3 is 5.97 Å². The van der Waals surface area contributed by atoms with E-state index >= 15 is 0 Å². The van der Waals surface area contributed by atoms with Crippen LogP contribution in [0.2, 0.25) is 0 Å². The fourth-order valence-electron chi connectivity index (χ4n) is 1.09. The molecule has 14 heavy (non-hydrogen) atoms. The van der Waals surface area contributed by atoms with E-state index in [-0.39, 0.29) is 5.97 Å². The van der Waals surface area contributed by atoms with Crippen LogP contribution >= 0.6 is 0 Å². The lowest BCUT2D eigenvalue weighted by Gasteiger charge is -2.01. The molecule has 3 nitrogen and oxygen atoms in total. The number of hydrogen-bond acceptors (Lipinski definition) is 3. The Hall–Kier alpha value is -0.380. The third kappa shape index (κ3) is 8.23. The first-order valence-electron chi connectivity index (χ1n) is 5.21. The van der Waals surface area contributed by atoms with Crippen LogP contribution in [-0.4, -0.2) is 28.3 Å². The molecular weight excluding hydrogens is 200 g/mol. The van der Waals surface area contributed by atoms with Crippen molar-refractivity contribution in [2.75, 3.05) is 18.1 Å². The maximum atomic E-state index is 11.0. The fourth-order valence-corrected chi connectivity index (χ4v) is 1.90. The second-order valence-corrected chi connectivity index (χ2v) is 4.91. The third-order valence-electron chi connectivity index (χ3n) is 1.88. The molecule has 0 rings (SSSR count). The zero-order valence-electron chi connectivity index (χ0n) is 9.08. The smallest absolute Gasteiger partial charge is 0.305 e. The molecule has 0 amide bonds. The van der Waals surface area contributed by atoms with Crippen LogP contribution in [0.5, 0.6) is 0 Å². The van der Waals surface area contributed by atoms with Gasteiger partial charge in [-0.05, 0) is 19.8 Å². The predicted molar refractivity (Wildman–Crippen MR) is 58.7 cm³/mol. The average molecular weight is 220 g/mol. The lowest BCUT2D eigenvalue weighted by Crippen LogP contribution is -2.04. The summed E-state index contributed by atoms with van der Waals surface area (Å²) in [5, 5.41) is 0. The highest BCUT2D eigenvalue weighted by molar-refractivity contribution is 7.84. The summed E-state index contributed by atoms with van der Waals surface area (Å²) in [5.74, 6) is 1.38. The number of rotatable bonds is 8. The summed E-state index contributed by atoms with van der Waals surface area (Å²) in [6.07, 6.45) is 3.25. The predicted octanol–water partition coefficient (Wildman–Crippen LogP) is 1.88. The van der Waals surface area contributed by atoms with E-state index in [4.69, 9.17) is 4.74 Å². The van der Waals surface area contributed by atoms with Gasteiger partial charge in [-0.15, -0.1) is 0 Å². The Morgan fingerprint density at radius 2 is 1.93 bits per heavy atom. The largest absolute Gasteiger partial charge is 0.466 e. The monoisotopic (exact) mass is 220 g/mol. The zero-order chi connectivity index (χ0) is 10.8. The standard InChI is InChI=1S/C10H20O3S/c1-3-13-10(11)8-6-5-7-9-14(12)4-2/h3-9H2,1-2H3. The lowest BCUT2D eigenvalue weighted by molar-refractivity contribution is -0.143. The zero-order valence-corrected chi connectivity index (χ0v) is 9.90. The van der Waals surface area contributed by atoms with E-state index in [0.29, 0.717) is 13.0 Å². The van der Waals surface area contributed by atoms with Crippen molar-refractivity contribution in [2.24, 2.45) is 0 Å². The molecule has 0 fully saturated rings. The molecule has 0 aliphatic heterocycles. The van der Waals surface area contributed by atoms with E-state index in [0.717, 1.165) is 30.8 Å². The summed E-state index contributed by atoms with van der Waals surface area (Å²) < 4.78 is 15.8. The lowest BCUT2D eigenvalue weighted by atomic mass is 10.2. The Morgan fingerprint density at radius 3 is 2.50 bits per heavy atom. The van der Waals surface area contributed by atoms with Gasteiger partial charge in [0.1, 0.15) is 0 Å². The van der Waals surface area contributed by atoms with E-state index in [1.54, 1.807) is 0 Å². The average Bonchev–Trinajstić information content (AvgIpc) is 2.17. The second-order valence-electron chi connectivity index (χ2n) is 3.05. The van der Waals surface area contributed by atoms with Crippen LogP contribution in [0.3, 0.4) is 0 Å². The number of carbonyl (C=O) groups is 1. The Bertz CT molecular complexity index is 180. The molecule has 0 bridgehead atoms. The van der Waals surface area contributed by atoms with Gasteiger partial charge in [-0.1, -0.05) is 13.3 Å². The van der Waals surface area contributed by atoms with Gasteiger partial charge < -0.3 is 4.74 Å². The summed E-state index contributed by atoms with van der Waals surface area (Å²) in [6, 6.07) is 0. The topological polar surface area (TPSA) is 43.4 Å². The maximum absolute atomic E-state index is 11.0. The highest BCUT2D eigenvalue weighted by Gasteiger charge is 2.01. The third-order valence-corrected chi connectivity index (χ3v) is 3.27. The molecule has 4 heteroatoms. The van der Waals surface area contributed by atoms with Crippen molar-refractivity contribution in [2.45, 2.75) is 39.5 Å². The van der Waals surface area contributed by atoms with E-state index in [1.807, 2.05) is 13.8 Å². The first-order chi connectivity index (χ1) is 6.70. The number of hydrogen-bond donors (Lipinski definition) is 0. The molecule has 0 radical (unpaired) electrons. The van der Waals surface area contributed by atoms with Gasteiger partial charge in [-0.2, -0.15) is 0 Å². The van der Waals surface area contributed by atoms with Crippen LogP contribution in [0.4, 0.5) is 0 Å². The highest BCUT2D eigenvalue weighted by Crippen LogP contribution is 2.02. The van der Waals surface area contributed by atoms with Crippen LogP contribution in [0.1, 0.15) is 39.5 Å². The van der Waals surface area contributed by atoms with Crippen molar-refractivity contribution < 1.29 is 13.7 Å². The molecule has 1 atom stereocenters. The Labute approximate surface area is 88.7 Å². The molecular formula is C10H20O3S. The van der Waals surface area contributed by atoms with Crippen molar-refractivity contribution >= 4 is 16.8 Å². The maximum Gasteiger partial charge on any atom is 0.305 e. The number of ether oxygens (including phenoxy) is 1. The molecule has 1 unspecified atom stereocenters. The molecule has 0 N–H and O–H groups in total. The molecule has 84 valence electrons. The minimum atomic E-state index is -0.661. The quantitative estimate of drug-likeness (QED) is 0.463. The summed E-state index contributed by atoms with van der Waals surface area (Å²) in [4.78, 5) is 10.9. The molecule has 0 aromatic rings. The van der Waals surface area contributed by atoms with Crippen molar-refractivity contribution in [3.05, 3.63) is 0 Å². The number of carbonyl (C=O) groups excluding carboxylic acids is 1. The Morgan fingerprint density at radius 1 is 1.21 bits per heavy atom. The van der Waals surface area contributed by atoms with Crippen LogP contribution < -0.4 is 0 Å². The van der Waals surface area contributed by atoms with Crippen molar-refractivity contribution in [1.82, 2.24) is 0 Å². The first kappa shape index (κ1) is 13.6. The van der Waals surface area contributed by atoms with Gasteiger partial charge in [0.2, 0.25) is 0 Å². The fraction of sp³-hybridized carbons (Fsp3) is 0.900. The molecule has 0 aromatic heterocycles. The van der Waals surface area contributed by atoms with Crippen molar-refractivity contribution in [1.29, 1.82) is 0 Å². The van der Waals surface area contributed by atoms with Crippen LogP contribution in [-0.2, 0) is 20.3 Å². The minimum Gasteiger partial charge on any atom is -0.466 e. The minimum absolute atomic E-state index is 0.121. The summed E-state index contributed by atoms with van der Waals surface area (Å²) >= 11 is 0. The summed E-state index contributed by atoms with van der Waals surface area (Å²) in [6.45, 7) is 4.19. The van der Waals surface area contributed by atoms with Crippen LogP contribution in [0.25, 0.3) is 0 Å². The normalized spacial score (nSPS) is 12.4. The second kappa shape index (κ2) is 9.19. The van der Waals surface area contributed by atoms with Crippen molar-refractivity contribution in [3.63, 3.8) is 0 Å². The van der Waals surface area contributed by atoms with Gasteiger partial charge in [-0.25, -0.2) is 0 Å². The van der Waals surface area contributed by atoms with E-state index < -0.39 is 10.8 Å². The summed E-state index contributed by atoms with van der Waals surface area (Å²) in [5.41, 5.74) is 0. The molecule has 0 aliphatic carbocycles. The highest BCUT2D eigenvalue weighted by atomic mass is 32.2. The van der Waals surface area contributed by atoms with Gasteiger partial charge in [0.25, 0.3) is 0 Å². The summed E-state index contributed by atoms with van der Waals surface area (Å²) in [7, 11) is -0.661. The Kier molecular flexibility index (Phi) is 8.94.